The molecule has 0 spiro atoms. The topological polar surface area (TPSA) is 7.65 Å². The van der Waals surface area contributed by atoms with E-state index < -0.39 is 0 Å². The van der Waals surface area contributed by atoms with Gasteiger partial charge in [0.2, 0.25) is 0 Å². The minimum Gasteiger partial charge on any atom is -0.302 e. The third-order valence-electron chi connectivity index (χ3n) is 5.38. The van der Waals surface area contributed by atoms with Crippen LogP contribution in [0.25, 0.3) is 16.6 Å². The Morgan fingerprint density at radius 1 is 0.586 bits per heavy atom. The molecule has 0 amide bonds. The van der Waals surface area contributed by atoms with Gasteiger partial charge in [-0.25, -0.2) is 0 Å². The molecule has 1 aliphatic rings. The van der Waals surface area contributed by atoms with E-state index in [1.165, 1.54) is 43.6 Å². The summed E-state index contributed by atoms with van der Waals surface area (Å²) in [6, 6.07) is 36.7. The smallest absolute Gasteiger partial charge is 0.130 e. The van der Waals surface area contributed by atoms with Crippen molar-refractivity contribution in [3.63, 3.8) is 0 Å². The molecule has 0 unspecified atom stereocenters. The zero-order valence-corrected chi connectivity index (χ0v) is 16.5. The summed E-state index contributed by atoms with van der Waals surface area (Å²) in [7, 11) is 0. The van der Waals surface area contributed by atoms with Gasteiger partial charge in [-0.1, -0.05) is 72.4 Å². The third kappa shape index (κ3) is 2.59. The zero-order chi connectivity index (χ0) is 19.2. The summed E-state index contributed by atoms with van der Waals surface area (Å²) < 4.78 is 2.30. The number of hydrogen-bond acceptors (Lipinski definition) is 2. The van der Waals surface area contributed by atoms with Crippen molar-refractivity contribution in [3.05, 3.63) is 109 Å². The number of fused-ring (bicyclic) bond motifs is 3. The number of para-hydroxylation sites is 2. The standard InChI is InChI=1S/C26H18N2S/c1-2-10-19(11-3-1)21-18-20-12-8-9-17-27(20)26(21)28-22-13-4-6-15-24(22)29-25-16-7-5-14-23(25)28/h1-18H. The number of anilines is 3. The molecule has 0 fully saturated rings. The molecular weight excluding hydrogens is 372 g/mol. The summed E-state index contributed by atoms with van der Waals surface area (Å²) >= 11 is 1.84. The molecule has 3 heterocycles. The average molecular weight is 391 g/mol. The number of benzene rings is 3. The van der Waals surface area contributed by atoms with E-state index in [0.29, 0.717) is 0 Å². The molecule has 0 N–H and O–H groups in total. The van der Waals surface area contributed by atoms with Crippen LogP contribution < -0.4 is 4.90 Å². The summed E-state index contributed by atoms with van der Waals surface area (Å²) in [6.45, 7) is 0. The maximum atomic E-state index is 2.41. The van der Waals surface area contributed by atoms with E-state index in [9.17, 15) is 0 Å². The molecule has 5 aromatic rings. The second kappa shape index (κ2) is 6.57. The van der Waals surface area contributed by atoms with Crippen LogP contribution >= 0.6 is 11.8 Å². The molecule has 138 valence electrons. The highest BCUT2D eigenvalue weighted by Crippen LogP contribution is 2.53. The van der Waals surface area contributed by atoms with E-state index in [0.717, 1.165) is 0 Å². The number of pyridine rings is 1. The largest absolute Gasteiger partial charge is 0.302 e. The van der Waals surface area contributed by atoms with Gasteiger partial charge in [-0.15, -0.1) is 0 Å². The zero-order valence-electron chi connectivity index (χ0n) is 15.7. The molecular formula is C26H18N2S. The molecule has 3 aromatic carbocycles. The number of rotatable bonds is 2. The lowest BCUT2D eigenvalue weighted by Crippen LogP contribution is -2.17. The normalized spacial score (nSPS) is 12.6. The maximum absolute atomic E-state index is 2.41. The molecule has 29 heavy (non-hydrogen) atoms. The van der Waals surface area contributed by atoms with Crippen molar-refractivity contribution in [1.82, 2.24) is 4.40 Å². The second-order valence-electron chi connectivity index (χ2n) is 7.12. The van der Waals surface area contributed by atoms with Gasteiger partial charge in [-0.05, 0) is 48.0 Å². The van der Waals surface area contributed by atoms with Crippen molar-refractivity contribution in [3.8, 4) is 11.1 Å². The van der Waals surface area contributed by atoms with Crippen LogP contribution in [-0.4, -0.2) is 4.40 Å². The monoisotopic (exact) mass is 390 g/mol. The predicted molar refractivity (Wildman–Crippen MR) is 122 cm³/mol. The summed E-state index contributed by atoms with van der Waals surface area (Å²) in [5.74, 6) is 1.17. The van der Waals surface area contributed by atoms with Crippen LogP contribution in [-0.2, 0) is 0 Å². The van der Waals surface area contributed by atoms with Gasteiger partial charge >= 0.3 is 0 Å². The molecule has 1 aliphatic heterocycles. The van der Waals surface area contributed by atoms with Crippen molar-refractivity contribution < 1.29 is 0 Å². The maximum Gasteiger partial charge on any atom is 0.130 e. The summed E-state index contributed by atoms with van der Waals surface area (Å²) in [4.78, 5) is 4.96. The lowest BCUT2D eigenvalue weighted by atomic mass is 10.1. The molecule has 2 nitrogen and oxygen atoms in total. The number of aromatic nitrogens is 1. The first-order chi connectivity index (χ1) is 14.4. The first-order valence-electron chi connectivity index (χ1n) is 9.72. The van der Waals surface area contributed by atoms with Crippen LogP contribution in [0.1, 0.15) is 0 Å². The van der Waals surface area contributed by atoms with E-state index in [-0.39, 0.29) is 0 Å². The van der Waals surface area contributed by atoms with Gasteiger partial charge < -0.3 is 4.40 Å². The lowest BCUT2D eigenvalue weighted by molar-refractivity contribution is 1.08. The van der Waals surface area contributed by atoms with E-state index in [4.69, 9.17) is 0 Å². The van der Waals surface area contributed by atoms with E-state index in [1.807, 2.05) is 11.8 Å². The Morgan fingerprint density at radius 2 is 1.21 bits per heavy atom. The molecule has 0 saturated carbocycles. The molecule has 3 heteroatoms. The number of nitrogens with zero attached hydrogens (tertiary/aromatic N) is 2. The Hall–Kier alpha value is -3.43. The van der Waals surface area contributed by atoms with E-state index in [1.54, 1.807) is 0 Å². The van der Waals surface area contributed by atoms with Crippen molar-refractivity contribution in [2.24, 2.45) is 0 Å². The average Bonchev–Trinajstić information content (AvgIpc) is 3.17. The quantitative estimate of drug-likeness (QED) is 0.302. The van der Waals surface area contributed by atoms with E-state index in [2.05, 4.69) is 119 Å². The Bertz CT molecular complexity index is 1290. The molecule has 0 aliphatic carbocycles. The second-order valence-corrected chi connectivity index (χ2v) is 8.20. The Morgan fingerprint density at radius 3 is 1.93 bits per heavy atom. The van der Waals surface area contributed by atoms with Crippen molar-refractivity contribution in [2.75, 3.05) is 4.90 Å². The van der Waals surface area contributed by atoms with Gasteiger partial charge in [-0.2, -0.15) is 0 Å². The van der Waals surface area contributed by atoms with Gasteiger partial charge in [0.1, 0.15) is 5.82 Å². The van der Waals surface area contributed by atoms with Crippen molar-refractivity contribution in [2.45, 2.75) is 9.79 Å². The van der Waals surface area contributed by atoms with E-state index >= 15 is 0 Å². The summed E-state index contributed by atoms with van der Waals surface area (Å²) in [6.07, 6.45) is 2.16. The van der Waals surface area contributed by atoms with Crippen LogP contribution in [0, 0.1) is 0 Å². The minimum atomic E-state index is 1.17. The van der Waals surface area contributed by atoms with Gasteiger partial charge in [0.15, 0.2) is 0 Å². The summed E-state index contributed by atoms with van der Waals surface area (Å²) in [5.41, 5.74) is 6.08. The van der Waals surface area contributed by atoms with Gasteiger partial charge in [0, 0.05) is 27.1 Å². The molecule has 6 rings (SSSR count). The fraction of sp³-hybridized carbons (Fsp3) is 0. The molecule has 0 radical (unpaired) electrons. The third-order valence-corrected chi connectivity index (χ3v) is 6.51. The minimum absolute atomic E-state index is 1.17. The molecule has 0 saturated heterocycles. The predicted octanol–water partition coefficient (Wildman–Crippen LogP) is 7.54. The van der Waals surface area contributed by atoms with Crippen LogP contribution in [0.4, 0.5) is 17.2 Å². The van der Waals surface area contributed by atoms with Crippen molar-refractivity contribution >= 4 is 34.5 Å². The highest BCUT2D eigenvalue weighted by molar-refractivity contribution is 7.99. The van der Waals surface area contributed by atoms with Gasteiger partial charge in [-0.3, -0.25) is 4.90 Å². The fourth-order valence-corrected chi connectivity index (χ4v) is 5.16. The SMILES string of the molecule is c1ccc(-c2cc3ccccn3c2N2c3ccccc3Sc3ccccc32)cc1. The van der Waals surface area contributed by atoms with Gasteiger partial charge in [0.25, 0.3) is 0 Å². The van der Waals surface area contributed by atoms with Crippen molar-refractivity contribution in [1.29, 1.82) is 0 Å². The highest BCUT2D eigenvalue weighted by Gasteiger charge is 2.28. The summed E-state index contributed by atoms with van der Waals surface area (Å²) in [5, 5.41) is 0. The molecule has 0 atom stereocenters. The van der Waals surface area contributed by atoms with Crippen LogP contribution in [0.15, 0.2) is 119 Å². The first-order valence-corrected chi connectivity index (χ1v) is 10.5. The Balaban J connectivity index is 1.72. The highest BCUT2D eigenvalue weighted by atomic mass is 32.2. The van der Waals surface area contributed by atoms with Crippen LogP contribution in [0.3, 0.4) is 0 Å². The molecule has 2 aromatic heterocycles. The van der Waals surface area contributed by atoms with Gasteiger partial charge in [0.05, 0.1) is 11.4 Å². The number of hydrogen-bond donors (Lipinski definition) is 0. The first kappa shape index (κ1) is 16.5. The molecule has 0 bridgehead atoms. The van der Waals surface area contributed by atoms with Crippen LogP contribution in [0.5, 0.6) is 0 Å². The Kier molecular flexibility index (Phi) is 3.74. The lowest BCUT2D eigenvalue weighted by Gasteiger charge is -2.33. The van der Waals surface area contributed by atoms with Crippen LogP contribution in [0.2, 0.25) is 0 Å². The fourth-order valence-electron chi connectivity index (χ4n) is 4.10. The Labute approximate surface area is 174 Å².